The van der Waals surface area contributed by atoms with Crippen LogP contribution < -0.4 is 5.32 Å². The molecule has 0 bridgehead atoms. The fourth-order valence-electron chi connectivity index (χ4n) is 1.50. The third-order valence-corrected chi connectivity index (χ3v) is 3.59. The van der Waals surface area contributed by atoms with Gasteiger partial charge in [-0.3, -0.25) is 0 Å². The Morgan fingerprint density at radius 3 is 2.20 bits per heavy atom. The van der Waals surface area contributed by atoms with Crippen LogP contribution in [0.1, 0.15) is 58.8 Å². The molecule has 1 nitrogen and oxygen atoms in total. The van der Waals surface area contributed by atoms with Crippen molar-refractivity contribution in [1.82, 2.24) is 5.32 Å². The van der Waals surface area contributed by atoms with Crippen molar-refractivity contribution in [3.63, 3.8) is 0 Å². The second-order valence-electron chi connectivity index (χ2n) is 4.13. The lowest BCUT2D eigenvalue weighted by molar-refractivity contribution is 0.612. The molecule has 1 N–H and O–H groups in total. The lowest BCUT2D eigenvalue weighted by atomic mass is 10.2. The third kappa shape index (κ3) is 14.3. The minimum Gasteiger partial charge on any atom is -0.316 e. The van der Waals surface area contributed by atoms with Gasteiger partial charge in [0.25, 0.3) is 0 Å². The van der Waals surface area contributed by atoms with E-state index in [-0.39, 0.29) is 0 Å². The van der Waals surface area contributed by atoms with Gasteiger partial charge in [-0.25, -0.2) is 0 Å². The molecule has 0 aliphatic heterocycles. The van der Waals surface area contributed by atoms with Crippen molar-refractivity contribution < 1.29 is 0 Å². The van der Waals surface area contributed by atoms with Crippen LogP contribution in [0, 0.1) is 0 Å². The molecule has 0 fully saturated rings. The molecule has 0 aromatic heterocycles. The number of rotatable bonds is 12. The van der Waals surface area contributed by atoms with Gasteiger partial charge in [-0.05, 0) is 25.1 Å². The predicted molar refractivity (Wildman–Crippen MR) is 73.9 cm³/mol. The Balaban J connectivity index is 2.81. The minimum atomic E-state index is 1.20. The molecule has 0 amide bonds. The second kappa shape index (κ2) is 14.3. The van der Waals surface area contributed by atoms with Crippen molar-refractivity contribution in [1.29, 1.82) is 0 Å². The van der Waals surface area contributed by atoms with Crippen LogP contribution in [0.5, 0.6) is 0 Å². The molecule has 0 saturated carbocycles. The Kier molecular flexibility index (Phi) is 14.6. The maximum atomic E-state index is 3.51. The van der Waals surface area contributed by atoms with Crippen molar-refractivity contribution in [2.24, 2.45) is 0 Å². The van der Waals surface area contributed by atoms with Crippen LogP contribution in [0.25, 0.3) is 0 Å². The molecule has 0 heterocycles. The normalized spacial score (nSPS) is 10.8. The zero-order chi connectivity index (χ0) is 11.2. The summed E-state index contributed by atoms with van der Waals surface area (Å²) in [5, 5.41) is 3.51. The summed E-state index contributed by atoms with van der Waals surface area (Å²) in [5.41, 5.74) is 0. The molecule has 0 aromatic carbocycles. The van der Waals surface area contributed by atoms with Crippen LogP contribution in [0.15, 0.2) is 0 Å². The monoisotopic (exact) mass is 231 g/mol. The summed E-state index contributed by atoms with van der Waals surface area (Å²) in [6, 6.07) is 0. The molecule has 2 heteroatoms. The second-order valence-corrected chi connectivity index (χ2v) is 5.35. The highest BCUT2D eigenvalue weighted by molar-refractivity contribution is 7.99. The summed E-state index contributed by atoms with van der Waals surface area (Å²) in [6.07, 6.45) is 9.63. The largest absolute Gasteiger partial charge is 0.316 e. The van der Waals surface area contributed by atoms with Crippen LogP contribution in [-0.2, 0) is 0 Å². The van der Waals surface area contributed by atoms with Crippen LogP contribution in [0.3, 0.4) is 0 Å². The van der Waals surface area contributed by atoms with Crippen LogP contribution in [-0.4, -0.2) is 24.6 Å². The van der Waals surface area contributed by atoms with E-state index in [1.165, 1.54) is 69.5 Å². The summed E-state index contributed by atoms with van der Waals surface area (Å²) in [5.74, 6) is 2.64. The van der Waals surface area contributed by atoms with Gasteiger partial charge < -0.3 is 5.32 Å². The van der Waals surface area contributed by atoms with Crippen LogP contribution >= 0.6 is 11.8 Å². The first-order chi connectivity index (χ1) is 7.41. The van der Waals surface area contributed by atoms with E-state index in [1.807, 2.05) is 0 Å². The van der Waals surface area contributed by atoms with Gasteiger partial charge in [0.15, 0.2) is 0 Å². The van der Waals surface area contributed by atoms with E-state index >= 15 is 0 Å². The van der Waals surface area contributed by atoms with E-state index < -0.39 is 0 Å². The Labute approximate surface area is 101 Å². The Hall–Kier alpha value is 0.310. The van der Waals surface area contributed by atoms with Gasteiger partial charge in [0.1, 0.15) is 0 Å². The Bertz CT molecular complexity index is 94.7. The summed E-state index contributed by atoms with van der Waals surface area (Å²) in [4.78, 5) is 0. The molecule has 0 aliphatic rings. The van der Waals surface area contributed by atoms with Gasteiger partial charge in [-0.15, -0.1) is 0 Å². The quantitative estimate of drug-likeness (QED) is 0.508. The van der Waals surface area contributed by atoms with Gasteiger partial charge in [0.2, 0.25) is 0 Å². The van der Waals surface area contributed by atoms with Gasteiger partial charge in [-0.1, -0.05) is 46.0 Å². The molecule has 0 unspecified atom stereocenters. The first kappa shape index (κ1) is 15.3. The first-order valence-corrected chi connectivity index (χ1v) is 7.85. The fraction of sp³-hybridized carbons (Fsp3) is 1.00. The lowest BCUT2D eigenvalue weighted by Gasteiger charge is -2.04. The molecule has 92 valence electrons. The highest BCUT2D eigenvalue weighted by Gasteiger charge is 1.91. The molecule has 0 radical (unpaired) electrons. The molecule has 0 spiro atoms. The Morgan fingerprint density at radius 2 is 1.47 bits per heavy atom. The van der Waals surface area contributed by atoms with Crippen molar-refractivity contribution in [3.05, 3.63) is 0 Å². The van der Waals surface area contributed by atoms with E-state index in [9.17, 15) is 0 Å². The summed E-state index contributed by atoms with van der Waals surface area (Å²) >= 11 is 2.10. The molecule has 15 heavy (non-hydrogen) atoms. The van der Waals surface area contributed by atoms with E-state index in [4.69, 9.17) is 0 Å². The highest BCUT2D eigenvalue weighted by Crippen LogP contribution is 2.04. The van der Waals surface area contributed by atoms with E-state index in [0.29, 0.717) is 0 Å². The number of unbranched alkanes of at least 4 members (excludes halogenated alkanes) is 5. The predicted octanol–water partition coefficient (Wildman–Crippen LogP) is 4.08. The molecule has 0 atom stereocenters. The molecule has 0 rings (SSSR count). The number of thioether (sulfide) groups is 1. The van der Waals surface area contributed by atoms with Gasteiger partial charge in [0, 0.05) is 12.3 Å². The smallest absolute Gasteiger partial charge is 0.00581 e. The molecular formula is C13H29NS. The van der Waals surface area contributed by atoms with Crippen LogP contribution in [0.2, 0.25) is 0 Å². The maximum Gasteiger partial charge on any atom is 0.00581 e. The van der Waals surface area contributed by atoms with Crippen LogP contribution in [0.4, 0.5) is 0 Å². The standard InChI is InChI=1S/C13H29NS/c1-3-5-7-8-10-14-11-13-15-12-9-6-4-2/h14H,3-13H2,1-2H3. The third-order valence-electron chi connectivity index (χ3n) is 2.52. The average molecular weight is 231 g/mol. The molecule has 0 aromatic rings. The first-order valence-electron chi connectivity index (χ1n) is 6.70. The summed E-state index contributed by atoms with van der Waals surface area (Å²) in [7, 11) is 0. The van der Waals surface area contributed by atoms with Gasteiger partial charge in [-0.2, -0.15) is 11.8 Å². The van der Waals surface area contributed by atoms with Crippen molar-refractivity contribution >= 4 is 11.8 Å². The van der Waals surface area contributed by atoms with Crippen molar-refractivity contribution in [2.45, 2.75) is 58.8 Å². The molecular weight excluding hydrogens is 202 g/mol. The fourth-order valence-corrected chi connectivity index (χ4v) is 2.40. The van der Waals surface area contributed by atoms with Crippen molar-refractivity contribution in [2.75, 3.05) is 24.6 Å². The minimum absolute atomic E-state index is 1.20. The average Bonchev–Trinajstić information content (AvgIpc) is 2.26. The lowest BCUT2D eigenvalue weighted by Crippen LogP contribution is -2.18. The zero-order valence-electron chi connectivity index (χ0n) is 10.7. The van der Waals surface area contributed by atoms with Crippen molar-refractivity contribution in [3.8, 4) is 0 Å². The molecule has 0 saturated heterocycles. The highest BCUT2D eigenvalue weighted by atomic mass is 32.2. The number of hydrogen-bond acceptors (Lipinski definition) is 2. The molecule has 0 aliphatic carbocycles. The van der Waals surface area contributed by atoms with Gasteiger partial charge in [0.05, 0.1) is 0 Å². The SMILES string of the molecule is CCCCCCNCCSCCCCC. The topological polar surface area (TPSA) is 12.0 Å². The summed E-state index contributed by atoms with van der Waals surface area (Å²) in [6.45, 7) is 6.95. The van der Waals surface area contributed by atoms with E-state index in [2.05, 4.69) is 30.9 Å². The maximum absolute atomic E-state index is 3.51. The van der Waals surface area contributed by atoms with E-state index in [0.717, 1.165) is 0 Å². The summed E-state index contributed by atoms with van der Waals surface area (Å²) < 4.78 is 0. The Morgan fingerprint density at radius 1 is 0.733 bits per heavy atom. The van der Waals surface area contributed by atoms with E-state index in [1.54, 1.807) is 0 Å². The van der Waals surface area contributed by atoms with Gasteiger partial charge >= 0.3 is 0 Å². The zero-order valence-corrected chi connectivity index (χ0v) is 11.5. The number of hydrogen-bond donors (Lipinski definition) is 1. The number of nitrogens with one attached hydrogen (secondary N) is 1.